The molecule has 8 aromatic rings. The summed E-state index contributed by atoms with van der Waals surface area (Å²) in [6.45, 7) is 7.50. The number of benzene rings is 5. The van der Waals surface area contributed by atoms with Gasteiger partial charge in [-0.15, -0.1) is 11.3 Å². The van der Waals surface area contributed by atoms with Gasteiger partial charge in [-0.25, -0.2) is 0 Å². The van der Waals surface area contributed by atoms with Gasteiger partial charge in [0.25, 0.3) is 0 Å². The topological polar surface area (TPSA) is 28.6 Å². The number of thiophene rings is 2. The largest absolute Gasteiger partial charge is 0.447 e. The molecule has 0 radical (unpaired) electrons. The second kappa shape index (κ2) is 11.2. The summed E-state index contributed by atoms with van der Waals surface area (Å²) in [5, 5.41) is 4.58. The molecule has 0 bridgehead atoms. The molecule has 0 N–H and O–H groups in total. The molecule has 0 fully saturated rings. The molecule has 0 unspecified atom stereocenters. The Morgan fingerprint density at radius 2 is 1.35 bits per heavy atom. The smallest absolute Gasteiger partial charge is 0.182 e. The van der Waals surface area contributed by atoms with Gasteiger partial charge >= 0.3 is 0 Å². The van der Waals surface area contributed by atoms with Crippen molar-refractivity contribution in [1.29, 1.82) is 0 Å². The first kappa shape index (κ1) is 29.0. The molecule has 0 amide bonds. The van der Waals surface area contributed by atoms with E-state index in [1.807, 2.05) is 23.6 Å². The van der Waals surface area contributed by atoms with Gasteiger partial charge in [-0.1, -0.05) is 86.7 Å². The fourth-order valence-corrected chi connectivity index (χ4v) is 9.02. The Labute approximate surface area is 288 Å². The molecule has 0 saturated heterocycles. The van der Waals surface area contributed by atoms with Crippen LogP contribution in [0.5, 0.6) is 10.8 Å². The van der Waals surface area contributed by atoms with E-state index in [4.69, 9.17) is 9.72 Å². The summed E-state index contributed by atoms with van der Waals surface area (Å²) in [4.78, 5) is 9.67. The third-order valence-electron chi connectivity index (χ3n) is 9.19. The molecular weight excluding hydrogens is 627 g/mol. The van der Waals surface area contributed by atoms with Crippen molar-refractivity contribution in [2.75, 3.05) is 16.5 Å². The third-order valence-corrected chi connectivity index (χ3v) is 11.3. The second-order valence-electron chi connectivity index (χ2n) is 13.3. The van der Waals surface area contributed by atoms with Gasteiger partial charge in [0, 0.05) is 65.5 Å². The highest BCUT2D eigenvalue weighted by atomic mass is 32.1. The average molecular weight is 660 g/mol. The minimum atomic E-state index is 0.0172. The normalized spacial score (nSPS) is 13.1. The molecule has 1 aliphatic heterocycles. The molecule has 5 aromatic carbocycles. The van der Waals surface area contributed by atoms with Crippen molar-refractivity contribution in [3.63, 3.8) is 0 Å². The number of pyridine rings is 1. The first-order chi connectivity index (χ1) is 23.4. The minimum Gasteiger partial charge on any atom is -0.447 e. The highest BCUT2D eigenvalue weighted by Gasteiger charge is 2.28. The lowest BCUT2D eigenvalue weighted by atomic mass is 9.86. The molecule has 234 valence electrons. The predicted molar refractivity (Wildman–Crippen MR) is 205 cm³/mol. The van der Waals surface area contributed by atoms with Crippen LogP contribution in [0.4, 0.5) is 22.7 Å². The highest BCUT2D eigenvalue weighted by molar-refractivity contribution is 7.26. The average Bonchev–Trinajstić information content (AvgIpc) is 3.80. The van der Waals surface area contributed by atoms with Gasteiger partial charge in [-0.3, -0.25) is 4.98 Å². The monoisotopic (exact) mass is 659 g/mol. The van der Waals surface area contributed by atoms with Crippen molar-refractivity contribution < 1.29 is 4.74 Å². The molecule has 0 saturated carbocycles. The molecule has 0 aliphatic carbocycles. The van der Waals surface area contributed by atoms with Crippen LogP contribution in [-0.4, -0.2) is 11.7 Å². The standard InChI is InChI=1S/C42H33N3OS2/c1-42(2,3)27-20-21-43-33(22-27)40-32-24-39(48-37(32)25-38-41(40)31-16-7-10-19-36(31)47-38)46-30-15-11-14-29(23-30)45-26-44(28-12-5-4-6-13-28)34-17-8-9-18-35(34)45/h4-25H,26H2,1-3H3. The SMILES string of the molecule is CC(C)(C)c1ccnc(-c2c3cc(Oc4cccc(N5CN(c6ccccc6)c6ccccc65)c4)sc3cc3sc4ccccc4c23)c1. The molecule has 1 aliphatic rings. The van der Waals surface area contributed by atoms with Gasteiger partial charge in [0.2, 0.25) is 0 Å². The van der Waals surface area contributed by atoms with Crippen LogP contribution in [0.15, 0.2) is 134 Å². The quantitative estimate of drug-likeness (QED) is 0.184. The Morgan fingerprint density at radius 1 is 0.625 bits per heavy atom. The van der Waals surface area contributed by atoms with Crippen molar-refractivity contribution in [2.24, 2.45) is 0 Å². The Hall–Kier alpha value is -5.17. The van der Waals surface area contributed by atoms with Crippen LogP contribution >= 0.6 is 22.7 Å². The van der Waals surface area contributed by atoms with E-state index in [1.165, 1.54) is 58.4 Å². The van der Waals surface area contributed by atoms with Crippen LogP contribution in [0.25, 0.3) is 41.5 Å². The molecule has 0 spiro atoms. The molecule has 4 nitrogen and oxygen atoms in total. The second-order valence-corrected chi connectivity index (χ2v) is 15.4. The zero-order valence-electron chi connectivity index (χ0n) is 27.0. The summed E-state index contributed by atoms with van der Waals surface area (Å²) in [5.41, 5.74) is 8.13. The Kier molecular flexibility index (Phi) is 6.78. The number of aromatic nitrogens is 1. The van der Waals surface area contributed by atoms with Crippen LogP contribution in [0.2, 0.25) is 0 Å². The van der Waals surface area contributed by atoms with Crippen LogP contribution in [0.1, 0.15) is 26.3 Å². The fourth-order valence-electron chi connectivity index (χ4n) is 6.81. The molecule has 48 heavy (non-hydrogen) atoms. The van der Waals surface area contributed by atoms with Crippen LogP contribution < -0.4 is 14.5 Å². The molecule has 3 aromatic heterocycles. The summed E-state index contributed by atoms with van der Waals surface area (Å²) in [7, 11) is 0. The van der Waals surface area contributed by atoms with Gasteiger partial charge in [-0.05, 0) is 71.6 Å². The number of para-hydroxylation sites is 3. The number of ether oxygens (including phenoxy) is 1. The van der Waals surface area contributed by atoms with Gasteiger partial charge in [0.15, 0.2) is 5.06 Å². The fraction of sp³-hybridized carbons (Fsp3) is 0.119. The van der Waals surface area contributed by atoms with Crippen molar-refractivity contribution in [3.05, 3.63) is 139 Å². The zero-order valence-corrected chi connectivity index (χ0v) is 28.6. The lowest BCUT2D eigenvalue weighted by Crippen LogP contribution is -2.23. The molecule has 9 rings (SSSR count). The van der Waals surface area contributed by atoms with E-state index >= 15 is 0 Å². The van der Waals surface area contributed by atoms with E-state index < -0.39 is 0 Å². The van der Waals surface area contributed by atoms with Gasteiger partial charge < -0.3 is 14.5 Å². The van der Waals surface area contributed by atoms with E-state index in [-0.39, 0.29) is 5.41 Å². The van der Waals surface area contributed by atoms with Gasteiger partial charge in [0.1, 0.15) is 12.4 Å². The summed E-state index contributed by atoms with van der Waals surface area (Å²) >= 11 is 3.54. The molecule has 4 heterocycles. The first-order valence-corrected chi connectivity index (χ1v) is 17.9. The van der Waals surface area contributed by atoms with Gasteiger partial charge in [-0.2, -0.15) is 0 Å². The molecular formula is C42H33N3OS2. The van der Waals surface area contributed by atoms with E-state index in [0.717, 1.165) is 28.9 Å². The van der Waals surface area contributed by atoms with Crippen LogP contribution in [0.3, 0.4) is 0 Å². The Bertz CT molecular complexity index is 2470. The lowest BCUT2D eigenvalue weighted by molar-refractivity contribution is 0.497. The lowest BCUT2D eigenvalue weighted by Gasteiger charge is -2.22. The van der Waals surface area contributed by atoms with E-state index in [9.17, 15) is 0 Å². The van der Waals surface area contributed by atoms with Crippen molar-refractivity contribution >= 4 is 75.7 Å². The number of fused-ring (bicyclic) bond motifs is 5. The summed E-state index contributed by atoms with van der Waals surface area (Å²) < 4.78 is 10.4. The first-order valence-electron chi connectivity index (χ1n) is 16.2. The summed E-state index contributed by atoms with van der Waals surface area (Å²) in [5.74, 6) is 0.816. The summed E-state index contributed by atoms with van der Waals surface area (Å²) in [6.07, 6.45) is 1.96. The number of rotatable bonds is 5. The zero-order chi connectivity index (χ0) is 32.4. The maximum atomic E-state index is 6.68. The third kappa shape index (κ3) is 4.91. The number of anilines is 4. The van der Waals surface area contributed by atoms with E-state index in [2.05, 4.69) is 152 Å². The molecule has 0 atom stereocenters. The summed E-state index contributed by atoms with van der Waals surface area (Å²) in [6, 6.07) is 45.3. The highest BCUT2D eigenvalue weighted by Crippen LogP contribution is 2.49. The van der Waals surface area contributed by atoms with Crippen molar-refractivity contribution in [2.45, 2.75) is 26.2 Å². The van der Waals surface area contributed by atoms with Crippen molar-refractivity contribution in [1.82, 2.24) is 4.98 Å². The number of nitrogens with zero attached hydrogens (tertiary/aromatic N) is 3. The number of hydrogen-bond donors (Lipinski definition) is 0. The van der Waals surface area contributed by atoms with Crippen LogP contribution in [0, 0.1) is 0 Å². The Morgan fingerprint density at radius 3 is 2.17 bits per heavy atom. The van der Waals surface area contributed by atoms with Gasteiger partial charge in [0.05, 0.1) is 17.1 Å². The maximum Gasteiger partial charge on any atom is 0.182 e. The van der Waals surface area contributed by atoms with E-state index in [1.54, 1.807) is 11.3 Å². The van der Waals surface area contributed by atoms with E-state index in [0.29, 0.717) is 0 Å². The van der Waals surface area contributed by atoms with Crippen molar-refractivity contribution in [3.8, 4) is 22.1 Å². The minimum absolute atomic E-state index is 0.0172. The molecule has 6 heteroatoms. The van der Waals surface area contributed by atoms with Crippen LogP contribution in [-0.2, 0) is 5.41 Å². The predicted octanol–water partition coefficient (Wildman–Crippen LogP) is 12.7. The maximum absolute atomic E-state index is 6.68. The Balaban J connectivity index is 1.12. The number of hydrogen-bond acceptors (Lipinski definition) is 6.